The van der Waals surface area contributed by atoms with Crippen molar-refractivity contribution in [3.63, 3.8) is 0 Å². The zero-order valence-electron chi connectivity index (χ0n) is 18.6. The molecule has 2 atom stereocenters. The zero-order chi connectivity index (χ0) is 23.8. The fourth-order valence-corrected chi connectivity index (χ4v) is 4.88. The number of non-ortho nitro benzene ring substituents is 1. The summed E-state index contributed by atoms with van der Waals surface area (Å²) in [7, 11) is 0. The number of benzene rings is 2. The van der Waals surface area contributed by atoms with Crippen LogP contribution in [0.3, 0.4) is 0 Å². The van der Waals surface area contributed by atoms with E-state index in [1.54, 1.807) is 36.3 Å². The molecule has 172 valence electrons. The van der Waals surface area contributed by atoms with E-state index in [4.69, 9.17) is 4.42 Å². The molecule has 2 heterocycles. The first kappa shape index (κ1) is 21.6. The van der Waals surface area contributed by atoms with E-state index in [0.29, 0.717) is 34.6 Å². The summed E-state index contributed by atoms with van der Waals surface area (Å²) in [5, 5.41) is 14.9. The fraction of sp³-hybridized carbons (Fsp3) is 0.231. The van der Waals surface area contributed by atoms with Crippen molar-refractivity contribution in [3.05, 3.63) is 99.6 Å². The number of nitro groups is 1. The van der Waals surface area contributed by atoms with Crippen molar-refractivity contribution >= 4 is 28.8 Å². The van der Waals surface area contributed by atoms with Gasteiger partial charge in [-0.2, -0.15) is 0 Å². The Kier molecular flexibility index (Phi) is 5.49. The number of anilines is 2. The van der Waals surface area contributed by atoms with Crippen molar-refractivity contribution in [2.75, 3.05) is 10.2 Å². The SMILES string of the molecule is CCC(=O)N1c2ccccc2NC2=C(C(=O)C[C@@H](c3ccco3)C2)[C@@H]1c1cccc([N+](=O)[O-])c1. The number of ketones is 1. The molecule has 0 bridgehead atoms. The molecule has 5 rings (SSSR count). The molecule has 2 aliphatic rings. The van der Waals surface area contributed by atoms with Gasteiger partial charge < -0.3 is 9.73 Å². The summed E-state index contributed by atoms with van der Waals surface area (Å²) >= 11 is 0. The van der Waals surface area contributed by atoms with Gasteiger partial charge in [0.2, 0.25) is 5.91 Å². The highest BCUT2D eigenvalue weighted by Gasteiger charge is 2.42. The monoisotopic (exact) mass is 457 g/mol. The Balaban J connectivity index is 1.74. The molecule has 1 aliphatic heterocycles. The van der Waals surface area contributed by atoms with Gasteiger partial charge in [-0.3, -0.25) is 24.6 Å². The predicted molar refractivity (Wildman–Crippen MR) is 126 cm³/mol. The Morgan fingerprint density at radius 1 is 1.15 bits per heavy atom. The summed E-state index contributed by atoms with van der Waals surface area (Å²) < 4.78 is 5.59. The van der Waals surface area contributed by atoms with Crippen LogP contribution in [0.25, 0.3) is 0 Å². The van der Waals surface area contributed by atoms with Gasteiger partial charge in [0.1, 0.15) is 5.76 Å². The summed E-state index contributed by atoms with van der Waals surface area (Å²) in [6.45, 7) is 1.76. The van der Waals surface area contributed by atoms with Crippen LogP contribution >= 0.6 is 0 Å². The van der Waals surface area contributed by atoms with Crippen molar-refractivity contribution in [2.24, 2.45) is 0 Å². The predicted octanol–water partition coefficient (Wildman–Crippen LogP) is 5.50. The molecule has 0 fully saturated rings. The maximum absolute atomic E-state index is 13.7. The van der Waals surface area contributed by atoms with Gasteiger partial charge in [-0.1, -0.05) is 31.2 Å². The van der Waals surface area contributed by atoms with E-state index in [1.165, 1.54) is 12.1 Å². The Bertz CT molecular complexity index is 1310. The van der Waals surface area contributed by atoms with Gasteiger partial charge in [0.15, 0.2) is 5.78 Å². The Morgan fingerprint density at radius 3 is 2.71 bits per heavy atom. The summed E-state index contributed by atoms with van der Waals surface area (Å²) in [5.74, 6) is 0.293. The van der Waals surface area contributed by atoms with Crippen molar-refractivity contribution in [1.29, 1.82) is 0 Å². The number of nitrogens with zero attached hydrogens (tertiary/aromatic N) is 2. The lowest BCUT2D eigenvalue weighted by Crippen LogP contribution is -2.38. The van der Waals surface area contributed by atoms with Gasteiger partial charge in [0.05, 0.1) is 28.6 Å². The number of carbonyl (C=O) groups excluding carboxylic acids is 2. The molecular formula is C26H23N3O5. The number of Topliss-reactive ketones (excluding diaryl/α,β-unsaturated/α-hetero) is 1. The number of furan rings is 1. The number of fused-ring (bicyclic) bond motifs is 1. The maximum atomic E-state index is 13.7. The van der Waals surface area contributed by atoms with Crippen molar-refractivity contribution < 1.29 is 18.9 Å². The number of allylic oxidation sites excluding steroid dienone is 1. The normalized spacial score (nSPS) is 19.7. The largest absolute Gasteiger partial charge is 0.469 e. The van der Waals surface area contributed by atoms with Crippen LogP contribution in [0, 0.1) is 10.1 Å². The number of hydrogen-bond acceptors (Lipinski definition) is 6. The molecule has 0 saturated carbocycles. The Hall–Kier alpha value is -4.20. The highest BCUT2D eigenvalue weighted by atomic mass is 16.6. The minimum absolute atomic E-state index is 0.0919. The number of amides is 1. The highest BCUT2D eigenvalue weighted by molar-refractivity contribution is 6.06. The van der Waals surface area contributed by atoms with Crippen LogP contribution in [0.5, 0.6) is 0 Å². The van der Waals surface area contributed by atoms with Gasteiger partial charge in [0.25, 0.3) is 5.69 Å². The minimum atomic E-state index is -0.788. The van der Waals surface area contributed by atoms with Crippen LogP contribution in [-0.2, 0) is 9.59 Å². The lowest BCUT2D eigenvalue weighted by molar-refractivity contribution is -0.384. The second kappa shape index (κ2) is 8.62. The summed E-state index contributed by atoms with van der Waals surface area (Å²) in [4.78, 5) is 39.7. The molecule has 1 N–H and O–H groups in total. The average Bonchev–Trinajstić information content (AvgIpc) is 3.33. The number of para-hydroxylation sites is 2. The van der Waals surface area contributed by atoms with E-state index >= 15 is 0 Å². The molecule has 8 heteroatoms. The molecule has 0 saturated heterocycles. The second-order valence-electron chi connectivity index (χ2n) is 8.45. The molecular weight excluding hydrogens is 434 g/mol. The number of nitrogens with one attached hydrogen (secondary N) is 1. The molecule has 3 aromatic rings. The molecule has 0 spiro atoms. The van der Waals surface area contributed by atoms with Crippen LogP contribution in [-0.4, -0.2) is 16.6 Å². The molecule has 1 aliphatic carbocycles. The van der Waals surface area contributed by atoms with Crippen molar-refractivity contribution in [2.45, 2.75) is 38.1 Å². The molecule has 8 nitrogen and oxygen atoms in total. The molecule has 34 heavy (non-hydrogen) atoms. The number of nitro benzene ring substituents is 1. The van der Waals surface area contributed by atoms with E-state index in [0.717, 1.165) is 5.76 Å². The van der Waals surface area contributed by atoms with Crippen LogP contribution in [0.15, 0.2) is 82.6 Å². The van der Waals surface area contributed by atoms with Gasteiger partial charge in [-0.15, -0.1) is 0 Å². The van der Waals surface area contributed by atoms with Crippen LogP contribution < -0.4 is 10.2 Å². The smallest absolute Gasteiger partial charge is 0.269 e. The zero-order valence-corrected chi connectivity index (χ0v) is 18.6. The molecule has 0 unspecified atom stereocenters. The third-order valence-electron chi connectivity index (χ3n) is 6.40. The lowest BCUT2D eigenvalue weighted by Gasteiger charge is -2.34. The number of carbonyl (C=O) groups is 2. The molecule has 2 aromatic carbocycles. The van der Waals surface area contributed by atoms with Crippen molar-refractivity contribution in [3.8, 4) is 0 Å². The Morgan fingerprint density at radius 2 is 1.97 bits per heavy atom. The third kappa shape index (κ3) is 3.67. The first-order chi connectivity index (χ1) is 16.5. The van der Waals surface area contributed by atoms with Gasteiger partial charge in [-0.05, 0) is 36.2 Å². The minimum Gasteiger partial charge on any atom is -0.469 e. The Labute approximate surface area is 196 Å². The number of rotatable bonds is 4. The molecule has 1 amide bonds. The van der Waals surface area contributed by atoms with Gasteiger partial charge in [-0.25, -0.2) is 0 Å². The molecule has 1 aromatic heterocycles. The topological polar surface area (TPSA) is 106 Å². The first-order valence-electron chi connectivity index (χ1n) is 11.2. The van der Waals surface area contributed by atoms with E-state index in [1.807, 2.05) is 30.3 Å². The van der Waals surface area contributed by atoms with Gasteiger partial charge in [0, 0.05) is 42.2 Å². The summed E-state index contributed by atoms with van der Waals surface area (Å²) in [6, 6.07) is 16.4. The maximum Gasteiger partial charge on any atom is 0.269 e. The van der Waals surface area contributed by atoms with Crippen LogP contribution in [0.4, 0.5) is 17.1 Å². The van der Waals surface area contributed by atoms with Gasteiger partial charge >= 0.3 is 0 Å². The van der Waals surface area contributed by atoms with E-state index in [2.05, 4.69) is 5.32 Å². The third-order valence-corrected chi connectivity index (χ3v) is 6.40. The van der Waals surface area contributed by atoms with Crippen molar-refractivity contribution in [1.82, 2.24) is 0 Å². The van der Waals surface area contributed by atoms with Crippen LogP contribution in [0.1, 0.15) is 49.5 Å². The second-order valence-corrected chi connectivity index (χ2v) is 8.45. The van der Waals surface area contributed by atoms with Crippen LogP contribution in [0.2, 0.25) is 0 Å². The quantitative estimate of drug-likeness (QED) is 0.410. The van der Waals surface area contributed by atoms with E-state index in [9.17, 15) is 19.7 Å². The first-order valence-corrected chi connectivity index (χ1v) is 11.2. The van der Waals surface area contributed by atoms with E-state index < -0.39 is 11.0 Å². The average molecular weight is 457 g/mol. The van der Waals surface area contributed by atoms with E-state index in [-0.39, 0.29) is 36.1 Å². The highest BCUT2D eigenvalue weighted by Crippen LogP contribution is 2.47. The summed E-state index contributed by atoms with van der Waals surface area (Å²) in [5.41, 5.74) is 2.92. The summed E-state index contributed by atoms with van der Waals surface area (Å²) in [6.07, 6.45) is 2.55. The molecule has 0 radical (unpaired) electrons. The fourth-order valence-electron chi connectivity index (χ4n) is 4.88. The standard InChI is InChI=1S/C26H23N3O5/c1-2-24(31)28-21-10-4-3-9-19(21)27-20-14-17(23-11-6-12-34-23)15-22(30)25(20)26(28)16-7-5-8-18(13-16)29(32)33/h3-13,17,26-27H,2,14-15H2,1H3/t17-,26-/m0/s1. The lowest BCUT2D eigenvalue weighted by atomic mass is 9.80. The number of hydrogen-bond donors (Lipinski definition) is 1.